The van der Waals surface area contributed by atoms with Crippen LogP contribution in [0.5, 0.6) is 0 Å². The minimum absolute atomic E-state index is 0.0843. The molecule has 0 spiro atoms. The molecule has 3 heterocycles. The van der Waals surface area contributed by atoms with Crippen molar-refractivity contribution in [1.29, 1.82) is 0 Å². The van der Waals surface area contributed by atoms with E-state index in [9.17, 15) is 4.79 Å². The largest absolute Gasteiger partial charge is 0.339 e. The van der Waals surface area contributed by atoms with E-state index in [1.165, 1.54) is 6.20 Å². The molecule has 1 amide bonds. The van der Waals surface area contributed by atoms with E-state index in [4.69, 9.17) is 16.1 Å². The fourth-order valence-corrected chi connectivity index (χ4v) is 2.80. The van der Waals surface area contributed by atoms with Gasteiger partial charge in [-0.3, -0.25) is 4.79 Å². The molecule has 1 fully saturated rings. The van der Waals surface area contributed by atoms with Gasteiger partial charge in [0.2, 0.25) is 5.89 Å². The van der Waals surface area contributed by atoms with Crippen molar-refractivity contribution in [3.63, 3.8) is 0 Å². The maximum absolute atomic E-state index is 12.6. The summed E-state index contributed by atoms with van der Waals surface area (Å²) in [5.74, 6) is 1.56. The number of halogens is 1. The minimum atomic E-state index is -0.0843. The number of rotatable bonds is 3. The van der Waals surface area contributed by atoms with Crippen LogP contribution in [0.1, 0.15) is 60.7 Å². The van der Waals surface area contributed by atoms with Crippen LogP contribution >= 0.6 is 11.6 Å². The minimum Gasteiger partial charge on any atom is -0.339 e. The number of amides is 1. The molecule has 3 rings (SSSR count). The van der Waals surface area contributed by atoms with E-state index < -0.39 is 0 Å². The Bertz CT molecular complexity index is 684. The molecule has 0 saturated carbocycles. The first-order chi connectivity index (χ1) is 11.0. The number of hydrogen-bond donors (Lipinski definition) is 0. The van der Waals surface area contributed by atoms with Crippen molar-refractivity contribution < 1.29 is 9.32 Å². The molecular formula is C16H19ClN4O2. The van der Waals surface area contributed by atoms with Crippen LogP contribution in [0.2, 0.25) is 5.02 Å². The van der Waals surface area contributed by atoms with Crippen molar-refractivity contribution in [1.82, 2.24) is 20.0 Å². The lowest BCUT2D eigenvalue weighted by atomic mass is 9.97. The smallest absolute Gasteiger partial charge is 0.272 e. The topological polar surface area (TPSA) is 72.1 Å². The first kappa shape index (κ1) is 15.9. The lowest BCUT2D eigenvalue weighted by Crippen LogP contribution is -2.39. The van der Waals surface area contributed by atoms with E-state index >= 15 is 0 Å². The summed E-state index contributed by atoms with van der Waals surface area (Å²) in [6.07, 6.45) is 3.36. The van der Waals surface area contributed by atoms with Crippen LogP contribution in [0.25, 0.3) is 0 Å². The van der Waals surface area contributed by atoms with Gasteiger partial charge in [0.25, 0.3) is 5.91 Å². The Kier molecular flexibility index (Phi) is 4.61. The van der Waals surface area contributed by atoms with Gasteiger partial charge in [-0.2, -0.15) is 4.98 Å². The lowest BCUT2D eigenvalue weighted by molar-refractivity contribution is 0.0697. The molecule has 7 heteroatoms. The molecule has 23 heavy (non-hydrogen) atoms. The van der Waals surface area contributed by atoms with Crippen LogP contribution in [-0.2, 0) is 0 Å². The van der Waals surface area contributed by atoms with Crippen LogP contribution in [-0.4, -0.2) is 39.0 Å². The van der Waals surface area contributed by atoms with Gasteiger partial charge in [0.1, 0.15) is 5.69 Å². The fourth-order valence-electron chi connectivity index (χ4n) is 2.68. The first-order valence-electron chi connectivity index (χ1n) is 7.79. The Balaban J connectivity index is 1.72. The average molecular weight is 335 g/mol. The van der Waals surface area contributed by atoms with Gasteiger partial charge >= 0.3 is 0 Å². The summed E-state index contributed by atoms with van der Waals surface area (Å²) < 4.78 is 5.28. The summed E-state index contributed by atoms with van der Waals surface area (Å²) in [6, 6.07) is 3.33. The Morgan fingerprint density at radius 2 is 2.26 bits per heavy atom. The first-order valence-corrected chi connectivity index (χ1v) is 8.16. The van der Waals surface area contributed by atoms with Crippen molar-refractivity contribution in [3.8, 4) is 0 Å². The maximum atomic E-state index is 12.6. The molecule has 1 saturated heterocycles. The maximum Gasteiger partial charge on any atom is 0.272 e. The van der Waals surface area contributed by atoms with Crippen LogP contribution in [0.15, 0.2) is 22.9 Å². The Morgan fingerprint density at radius 1 is 1.43 bits per heavy atom. The molecule has 1 unspecified atom stereocenters. The molecule has 1 aliphatic heterocycles. The van der Waals surface area contributed by atoms with Crippen LogP contribution in [0, 0.1) is 0 Å². The Morgan fingerprint density at radius 3 is 2.91 bits per heavy atom. The van der Waals surface area contributed by atoms with E-state index in [-0.39, 0.29) is 17.7 Å². The molecule has 122 valence electrons. The molecule has 0 aromatic carbocycles. The van der Waals surface area contributed by atoms with Gasteiger partial charge in [-0.15, -0.1) is 0 Å². The second kappa shape index (κ2) is 6.66. The van der Waals surface area contributed by atoms with Gasteiger partial charge in [0, 0.05) is 31.1 Å². The zero-order valence-electron chi connectivity index (χ0n) is 13.2. The highest BCUT2D eigenvalue weighted by Gasteiger charge is 2.29. The number of likely N-dealkylation sites (tertiary alicyclic amines) is 1. The van der Waals surface area contributed by atoms with Gasteiger partial charge in [0.05, 0.1) is 5.02 Å². The summed E-state index contributed by atoms with van der Waals surface area (Å²) in [6.45, 7) is 5.33. The third-order valence-electron chi connectivity index (χ3n) is 3.97. The third kappa shape index (κ3) is 3.52. The van der Waals surface area contributed by atoms with Gasteiger partial charge < -0.3 is 9.42 Å². The number of pyridine rings is 1. The van der Waals surface area contributed by atoms with Crippen LogP contribution < -0.4 is 0 Å². The molecule has 2 aromatic rings. The average Bonchev–Trinajstić information content (AvgIpc) is 3.05. The monoisotopic (exact) mass is 334 g/mol. The number of nitrogens with zero attached hydrogens (tertiary/aromatic N) is 4. The Hall–Kier alpha value is -1.95. The SMILES string of the molecule is CC(C)c1nc(C2CCCN(C(=O)c3ccc(Cl)cn3)C2)no1. The second-order valence-corrected chi connectivity index (χ2v) is 6.53. The molecule has 0 aliphatic carbocycles. The summed E-state index contributed by atoms with van der Waals surface area (Å²) in [5.41, 5.74) is 0.408. The summed E-state index contributed by atoms with van der Waals surface area (Å²) in [4.78, 5) is 22.9. The number of piperidine rings is 1. The zero-order valence-corrected chi connectivity index (χ0v) is 14.0. The summed E-state index contributed by atoms with van der Waals surface area (Å²) >= 11 is 5.82. The van der Waals surface area contributed by atoms with Crippen LogP contribution in [0.4, 0.5) is 0 Å². The number of hydrogen-bond acceptors (Lipinski definition) is 5. The van der Waals surface area contributed by atoms with Gasteiger partial charge in [-0.25, -0.2) is 4.98 Å². The molecule has 6 nitrogen and oxygen atoms in total. The highest BCUT2D eigenvalue weighted by atomic mass is 35.5. The van der Waals surface area contributed by atoms with Gasteiger partial charge in [-0.1, -0.05) is 30.6 Å². The van der Waals surface area contributed by atoms with Gasteiger partial charge in [-0.05, 0) is 25.0 Å². The molecule has 1 aliphatic rings. The van der Waals surface area contributed by atoms with Crippen molar-refractivity contribution in [2.75, 3.05) is 13.1 Å². The van der Waals surface area contributed by atoms with Crippen molar-refractivity contribution >= 4 is 17.5 Å². The zero-order chi connectivity index (χ0) is 16.4. The van der Waals surface area contributed by atoms with E-state index in [2.05, 4.69) is 15.1 Å². The highest BCUT2D eigenvalue weighted by Crippen LogP contribution is 2.27. The highest BCUT2D eigenvalue weighted by molar-refractivity contribution is 6.30. The normalized spacial score (nSPS) is 18.4. The predicted molar refractivity (Wildman–Crippen MR) is 85.5 cm³/mol. The van der Waals surface area contributed by atoms with E-state index in [1.54, 1.807) is 17.0 Å². The van der Waals surface area contributed by atoms with E-state index in [1.807, 2.05) is 13.8 Å². The van der Waals surface area contributed by atoms with E-state index in [0.29, 0.717) is 35.5 Å². The van der Waals surface area contributed by atoms with Crippen molar-refractivity contribution in [3.05, 3.63) is 40.8 Å². The fraction of sp³-hybridized carbons (Fsp3) is 0.500. The molecule has 2 aromatic heterocycles. The summed E-state index contributed by atoms with van der Waals surface area (Å²) in [7, 11) is 0. The van der Waals surface area contributed by atoms with Crippen molar-refractivity contribution in [2.24, 2.45) is 0 Å². The van der Waals surface area contributed by atoms with E-state index in [0.717, 1.165) is 12.8 Å². The molecule has 0 bridgehead atoms. The Labute approximate surface area is 139 Å². The molecular weight excluding hydrogens is 316 g/mol. The molecule has 1 atom stereocenters. The number of carbonyl (C=O) groups excluding carboxylic acids is 1. The molecule has 0 N–H and O–H groups in total. The second-order valence-electron chi connectivity index (χ2n) is 6.10. The molecule has 0 radical (unpaired) electrons. The number of carbonyl (C=O) groups is 1. The predicted octanol–water partition coefficient (Wildman–Crippen LogP) is 3.26. The van der Waals surface area contributed by atoms with Crippen LogP contribution in [0.3, 0.4) is 0 Å². The van der Waals surface area contributed by atoms with Crippen molar-refractivity contribution in [2.45, 2.75) is 38.5 Å². The summed E-state index contributed by atoms with van der Waals surface area (Å²) in [5, 5.41) is 4.60. The van der Waals surface area contributed by atoms with Gasteiger partial charge in [0.15, 0.2) is 5.82 Å². The quantitative estimate of drug-likeness (QED) is 0.861. The standard InChI is InChI=1S/C16H19ClN4O2/c1-10(2)15-19-14(20-23-15)11-4-3-7-21(9-11)16(22)13-6-5-12(17)8-18-13/h5-6,8,10-11H,3-4,7,9H2,1-2H3. The lowest BCUT2D eigenvalue weighted by Gasteiger charge is -2.31. The number of aromatic nitrogens is 3. The third-order valence-corrected chi connectivity index (χ3v) is 4.20.